The van der Waals surface area contributed by atoms with E-state index in [1.54, 1.807) is 17.5 Å². The van der Waals surface area contributed by atoms with Gasteiger partial charge in [-0.1, -0.05) is 30.3 Å². The van der Waals surface area contributed by atoms with Crippen LogP contribution in [-0.2, 0) is 0 Å². The molecule has 0 saturated carbocycles. The molecule has 3 rings (SSSR count). The Bertz CT molecular complexity index is 637. The number of hydrogen-bond donors (Lipinski definition) is 0. The molecule has 0 atom stereocenters. The maximum absolute atomic E-state index is 4.28. The summed E-state index contributed by atoms with van der Waals surface area (Å²) in [5.74, 6) is 0. The highest BCUT2D eigenvalue weighted by Gasteiger charge is 2.00. The highest BCUT2D eigenvalue weighted by molar-refractivity contribution is 7.10. The standard InChI is InChI=1S/C15H12N2S/c1-2-7-15(17-11-4-10-16-17)13(5-1)8-9-14-6-3-12-18-14/h1-12H/b9-8+. The lowest BCUT2D eigenvalue weighted by Gasteiger charge is -2.05. The number of nitrogens with zero attached hydrogens (tertiary/aromatic N) is 2. The average Bonchev–Trinajstić information content (AvgIpc) is 3.10. The molecule has 0 radical (unpaired) electrons. The van der Waals surface area contributed by atoms with Crippen LogP contribution in [0.15, 0.2) is 60.2 Å². The molecule has 3 heteroatoms. The molecular weight excluding hydrogens is 240 g/mol. The molecule has 0 spiro atoms. The predicted molar refractivity (Wildman–Crippen MR) is 76.8 cm³/mol. The van der Waals surface area contributed by atoms with E-state index in [1.165, 1.54) is 4.88 Å². The molecule has 0 amide bonds. The third kappa shape index (κ3) is 2.26. The predicted octanol–water partition coefficient (Wildman–Crippen LogP) is 4.10. The second-order valence-electron chi connectivity index (χ2n) is 3.86. The lowest BCUT2D eigenvalue weighted by atomic mass is 10.1. The fourth-order valence-corrected chi connectivity index (χ4v) is 2.42. The molecule has 0 N–H and O–H groups in total. The molecule has 0 saturated heterocycles. The largest absolute Gasteiger partial charge is 0.240 e. The number of para-hydroxylation sites is 1. The first-order chi connectivity index (χ1) is 8.93. The Balaban J connectivity index is 1.97. The fraction of sp³-hybridized carbons (Fsp3) is 0. The molecule has 0 fully saturated rings. The first-order valence-electron chi connectivity index (χ1n) is 5.74. The van der Waals surface area contributed by atoms with Crippen molar-refractivity contribution in [1.29, 1.82) is 0 Å². The van der Waals surface area contributed by atoms with Crippen LogP contribution in [-0.4, -0.2) is 9.78 Å². The summed E-state index contributed by atoms with van der Waals surface area (Å²) in [6.07, 6.45) is 8.01. The van der Waals surface area contributed by atoms with Crippen molar-refractivity contribution in [2.75, 3.05) is 0 Å². The van der Waals surface area contributed by atoms with E-state index in [1.807, 2.05) is 29.1 Å². The summed E-state index contributed by atoms with van der Waals surface area (Å²) >= 11 is 1.74. The second-order valence-corrected chi connectivity index (χ2v) is 4.84. The quantitative estimate of drug-likeness (QED) is 0.686. The number of rotatable bonds is 3. The van der Waals surface area contributed by atoms with E-state index in [2.05, 4.69) is 46.9 Å². The highest BCUT2D eigenvalue weighted by Crippen LogP contribution is 2.18. The third-order valence-corrected chi connectivity index (χ3v) is 3.50. The van der Waals surface area contributed by atoms with E-state index in [0.717, 1.165) is 11.3 Å². The molecule has 0 aliphatic rings. The van der Waals surface area contributed by atoms with Gasteiger partial charge >= 0.3 is 0 Å². The van der Waals surface area contributed by atoms with E-state index in [9.17, 15) is 0 Å². The molecule has 0 aliphatic carbocycles. The Hall–Kier alpha value is -2.13. The van der Waals surface area contributed by atoms with Gasteiger partial charge in [-0.25, -0.2) is 4.68 Å². The lowest BCUT2D eigenvalue weighted by molar-refractivity contribution is 0.878. The van der Waals surface area contributed by atoms with Gasteiger partial charge in [0.25, 0.3) is 0 Å². The average molecular weight is 252 g/mol. The zero-order chi connectivity index (χ0) is 12.2. The van der Waals surface area contributed by atoms with E-state index >= 15 is 0 Å². The Kier molecular flexibility index (Phi) is 3.07. The van der Waals surface area contributed by atoms with Gasteiger partial charge in [0.1, 0.15) is 0 Å². The van der Waals surface area contributed by atoms with Crippen LogP contribution in [0.4, 0.5) is 0 Å². The molecule has 18 heavy (non-hydrogen) atoms. The summed E-state index contributed by atoms with van der Waals surface area (Å²) < 4.78 is 1.88. The highest BCUT2D eigenvalue weighted by atomic mass is 32.1. The molecule has 2 heterocycles. The zero-order valence-corrected chi connectivity index (χ0v) is 10.5. The minimum atomic E-state index is 1.09. The summed E-state index contributed by atoms with van der Waals surface area (Å²) in [5, 5.41) is 6.36. The van der Waals surface area contributed by atoms with Gasteiger partial charge < -0.3 is 0 Å². The van der Waals surface area contributed by atoms with E-state index in [0.29, 0.717) is 0 Å². The van der Waals surface area contributed by atoms with Crippen LogP contribution in [0.2, 0.25) is 0 Å². The van der Waals surface area contributed by atoms with Crippen LogP contribution in [0.3, 0.4) is 0 Å². The minimum absolute atomic E-state index is 1.09. The van der Waals surface area contributed by atoms with E-state index in [-0.39, 0.29) is 0 Å². The van der Waals surface area contributed by atoms with Gasteiger partial charge in [0.2, 0.25) is 0 Å². The second kappa shape index (κ2) is 5.02. The molecule has 3 aromatic rings. The topological polar surface area (TPSA) is 17.8 Å². The number of thiophene rings is 1. The van der Waals surface area contributed by atoms with Gasteiger partial charge in [-0.2, -0.15) is 5.10 Å². The Morgan fingerprint density at radius 2 is 1.94 bits per heavy atom. The summed E-state index contributed by atoms with van der Waals surface area (Å²) in [6.45, 7) is 0. The maximum Gasteiger partial charge on any atom is 0.0717 e. The first-order valence-corrected chi connectivity index (χ1v) is 6.62. The Morgan fingerprint density at radius 1 is 1.00 bits per heavy atom. The third-order valence-electron chi connectivity index (χ3n) is 2.66. The fourth-order valence-electron chi connectivity index (χ4n) is 1.81. The smallest absolute Gasteiger partial charge is 0.0717 e. The van der Waals surface area contributed by atoms with Crippen molar-refractivity contribution in [1.82, 2.24) is 9.78 Å². The zero-order valence-electron chi connectivity index (χ0n) is 9.73. The molecule has 88 valence electrons. The van der Waals surface area contributed by atoms with Crippen LogP contribution in [0, 0.1) is 0 Å². The molecule has 0 aliphatic heterocycles. The van der Waals surface area contributed by atoms with Crippen molar-refractivity contribution >= 4 is 23.5 Å². The molecular formula is C15H12N2S. The van der Waals surface area contributed by atoms with E-state index in [4.69, 9.17) is 0 Å². The van der Waals surface area contributed by atoms with Crippen LogP contribution in [0.5, 0.6) is 0 Å². The van der Waals surface area contributed by atoms with Gasteiger partial charge in [-0.05, 0) is 29.7 Å². The first kappa shape index (κ1) is 11.0. The monoisotopic (exact) mass is 252 g/mol. The summed E-state index contributed by atoms with van der Waals surface area (Å²) in [5.41, 5.74) is 2.25. The number of benzene rings is 1. The Morgan fingerprint density at radius 3 is 2.72 bits per heavy atom. The SMILES string of the molecule is C(=C\c1ccccc1-n1cccn1)/c1cccs1. The van der Waals surface area contributed by atoms with Crippen molar-refractivity contribution in [3.05, 3.63) is 70.7 Å². The number of hydrogen-bond acceptors (Lipinski definition) is 2. The summed E-state index contributed by atoms with van der Waals surface area (Å²) in [7, 11) is 0. The van der Waals surface area contributed by atoms with Crippen molar-refractivity contribution < 1.29 is 0 Å². The summed E-state index contributed by atoms with van der Waals surface area (Å²) in [4.78, 5) is 1.25. The van der Waals surface area contributed by atoms with Gasteiger partial charge in [0.15, 0.2) is 0 Å². The lowest BCUT2D eigenvalue weighted by Crippen LogP contribution is -1.96. The Labute approximate surface area is 110 Å². The van der Waals surface area contributed by atoms with Crippen molar-refractivity contribution in [3.63, 3.8) is 0 Å². The van der Waals surface area contributed by atoms with Crippen LogP contribution >= 0.6 is 11.3 Å². The van der Waals surface area contributed by atoms with Crippen LogP contribution in [0.1, 0.15) is 10.4 Å². The maximum atomic E-state index is 4.28. The van der Waals surface area contributed by atoms with Crippen molar-refractivity contribution in [2.45, 2.75) is 0 Å². The molecule has 1 aromatic carbocycles. The molecule has 0 unspecified atom stereocenters. The van der Waals surface area contributed by atoms with Gasteiger partial charge in [-0.15, -0.1) is 11.3 Å². The van der Waals surface area contributed by atoms with Gasteiger partial charge in [0.05, 0.1) is 5.69 Å². The van der Waals surface area contributed by atoms with Crippen molar-refractivity contribution in [2.24, 2.45) is 0 Å². The van der Waals surface area contributed by atoms with E-state index < -0.39 is 0 Å². The minimum Gasteiger partial charge on any atom is -0.240 e. The van der Waals surface area contributed by atoms with Gasteiger partial charge in [0, 0.05) is 22.8 Å². The van der Waals surface area contributed by atoms with Crippen molar-refractivity contribution in [3.8, 4) is 5.69 Å². The molecule has 2 nitrogen and oxygen atoms in total. The van der Waals surface area contributed by atoms with Crippen LogP contribution in [0.25, 0.3) is 17.8 Å². The molecule has 2 aromatic heterocycles. The number of aromatic nitrogens is 2. The van der Waals surface area contributed by atoms with Gasteiger partial charge in [-0.3, -0.25) is 0 Å². The summed E-state index contributed by atoms with van der Waals surface area (Å²) in [6, 6.07) is 14.3. The normalized spacial score (nSPS) is 11.1. The molecule has 0 bridgehead atoms. The van der Waals surface area contributed by atoms with Crippen LogP contribution < -0.4 is 0 Å².